The Morgan fingerprint density at radius 1 is 1.12 bits per heavy atom. The van der Waals surface area contributed by atoms with Gasteiger partial charge in [0.1, 0.15) is 0 Å². The molecule has 0 aliphatic heterocycles. The van der Waals surface area contributed by atoms with Crippen LogP contribution >= 0.6 is 0 Å². The van der Waals surface area contributed by atoms with Crippen LogP contribution in [0.3, 0.4) is 0 Å². The molecule has 2 aromatic carbocycles. The predicted octanol–water partition coefficient (Wildman–Crippen LogP) is 3.01. The highest BCUT2D eigenvalue weighted by Crippen LogP contribution is 2.30. The van der Waals surface area contributed by atoms with Gasteiger partial charge in [0.25, 0.3) is 0 Å². The fourth-order valence-corrected chi connectivity index (χ4v) is 2.20. The first-order valence-corrected chi connectivity index (χ1v) is 7.24. The smallest absolute Gasteiger partial charge is 0.404 e. The highest BCUT2D eigenvalue weighted by Gasteiger charge is 2.30. The molecule has 0 aliphatic rings. The van der Waals surface area contributed by atoms with Gasteiger partial charge in [-0.05, 0) is 29.5 Å². The minimum atomic E-state index is -4.48. The maximum Gasteiger partial charge on any atom is 0.416 e. The molecule has 0 saturated heterocycles. The summed E-state index contributed by atoms with van der Waals surface area (Å²) in [7, 11) is 0. The first-order valence-electron chi connectivity index (χ1n) is 7.24. The van der Waals surface area contributed by atoms with Crippen molar-refractivity contribution in [2.24, 2.45) is 5.73 Å². The minimum absolute atomic E-state index is 0.0307. The molecule has 0 spiro atoms. The highest BCUT2D eigenvalue weighted by molar-refractivity contribution is 5.99. The summed E-state index contributed by atoms with van der Waals surface area (Å²) in [6.07, 6.45) is 0.105. The van der Waals surface area contributed by atoms with E-state index in [-0.39, 0.29) is 5.69 Å². The molecule has 4 nitrogen and oxygen atoms in total. The number of benzene rings is 2. The van der Waals surface area contributed by atoms with Crippen molar-refractivity contribution in [3.63, 3.8) is 0 Å². The third-order valence-corrected chi connectivity index (χ3v) is 3.30. The van der Waals surface area contributed by atoms with E-state index in [2.05, 4.69) is 17.2 Å². The molecule has 0 fully saturated rings. The lowest BCUT2D eigenvalue weighted by Gasteiger charge is -2.11. The summed E-state index contributed by atoms with van der Waals surface area (Å²) < 4.78 is 38.1. The Balaban J connectivity index is 2.25. The lowest BCUT2D eigenvalue weighted by Crippen LogP contribution is -2.32. The van der Waals surface area contributed by atoms with Crippen molar-refractivity contribution < 1.29 is 18.0 Å². The van der Waals surface area contributed by atoms with Gasteiger partial charge in [0.15, 0.2) is 0 Å². The number of carbonyl (C=O) groups is 1. The van der Waals surface area contributed by atoms with Crippen molar-refractivity contribution in [3.8, 4) is 0 Å². The average molecular weight is 347 g/mol. The van der Waals surface area contributed by atoms with Gasteiger partial charge in [0.2, 0.25) is 0 Å². The van der Waals surface area contributed by atoms with Gasteiger partial charge in [0.05, 0.1) is 11.3 Å². The van der Waals surface area contributed by atoms with E-state index in [0.29, 0.717) is 16.1 Å². The number of amides is 2. The number of hydrogen-bond donors (Lipinski definition) is 3. The van der Waals surface area contributed by atoms with Crippen LogP contribution in [0.15, 0.2) is 55.1 Å². The zero-order valence-corrected chi connectivity index (χ0v) is 13.1. The van der Waals surface area contributed by atoms with Gasteiger partial charge in [-0.1, -0.05) is 36.9 Å². The van der Waals surface area contributed by atoms with Crippen molar-refractivity contribution in [1.82, 2.24) is 0 Å². The van der Waals surface area contributed by atoms with Gasteiger partial charge in [0, 0.05) is 17.1 Å². The van der Waals surface area contributed by atoms with Crippen LogP contribution in [0.2, 0.25) is 0 Å². The molecule has 2 rings (SSSR count). The largest absolute Gasteiger partial charge is 0.416 e. The van der Waals surface area contributed by atoms with E-state index in [9.17, 15) is 18.0 Å². The molecule has 0 radical (unpaired) electrons. The van der Waals surface area contributed by atoms with E-state index in [4.69, 9.17) is 5.73 Å². The molecule has 25 heavy (non-hydrogen) atoms. The van der Waals surface area contributed by atoms with Gasteiger partial charge in [-0.3, -0.25) is 0 Å². The van der Waals surface area contributed by atoms with Gasteiger partial charge in [-0.25, -0.2) is 4.79 Å². The van der Waals surface area contributed by atoms with E-state index in [1.807, 2.05) is 0 Å². The van der Waals surface area contributed by atoms with Crippen molar-refractivity contribution in [3.05, 3.63) is 71.1 Å². The number of rotatable bonds is 3. The Kier molecular flexibility index (Phi) is 5.49. The third-order valence-electron chi connectivity index (χ3n) is 3.30. The first-order chi connectivity index (χ1) is 11.8. The van der Waals surface area contributed by atoms with Crippen LogP contribution in [-0.4, -0.2) is 6.03 Å². The molecule has 0 saturated carbocycles. The van der Waals surface area contributed by atoms with E-state index in [0.717, 1.165) is 12.1 Å². The Labute approximate surface area is 142 Å². The Morgan fingerprint density at radius 3 is 2.48 bits per heavy atom. The van der Waals surface area contributed by atoms with Crippen LogP contribution in [0.5, 0.6) is 0 Å². The number of hydrogen-bond acceptors (Lipinski definition) is 2. The number of carbonyl (C=O) groups excluding carboxylic acids is 1. The molecule has 0 unspecified atom stereocenters. The fourth-order valence-electron chi connectivity index (χ4n) is 2.20. The van der Waals surface area contributed by atoms with E-state index in [1.165, 1.54) is 24.4 Å². The monoisotopic (exact) mass is 347 g/mol. The summed E-state index contributed by atoms with van der Waals surface area (Å²) in [4.78, 5) is 12.1. The number of alkyl halides is 3. The number of allylic oxidation sites excluding steroid dienone is 1. The number of urea groups is 1. The number of nitrogens with two attached hydrogens (primary N) is 1. The maximum atomic E-state index is 12.7. The minimum Gasteiger partial charge on any atom is -0.404 e. The van der Waals surface area contributed by atoms with Crippen LogP contribution < -0.4 is 26.8 Å². The Morgan fingerprint density at radius 2 is 1.84 bits per heavy atom. The average Bonchev–Trinajstić information content (AvgIpc) is 2.56. The molecule has 0 heterocycles. The normalized spacial score (nSPS) is 12.8. The number of anilines is 2. The van der Waals surface area contributed by atoms with E-state index >= 15 is 0 Å². The van der Waals surface area contributed by atoms with Gasteiger partial charge in [-0.2, -0.15) is 13.2 Å². The summed E-state index contributed by atoms with van der Waals surface area (Å²) in [6, 6.07) is 8.81. The van der Waals surface area contributed by atoms with E-state index < -0.39 is 17.8 Å². The summed E-state index contributed by atoms with van der Waals surface area (Å²) in [5.41, 5.74) is 5.18. The summed E-state index contributed by atoms with van der Waals surface area (Å²) >= 11 is 0. The molecule has 0 atom stereocenters. The third kappa shape index (κ3) is 4.63. The summed E-state index contributed by atoms with van der Waals surface area (Å²) in [5.74, 6) is 0. The number of halogens is 3. The fraction of sp³-hybridized carbons (Fsp3) is 0.0556. The van der Waals surface area contributed by atoms with Crippen LogP contribution in [0.1, 0.15) is 5.56 Å². The quantitative estimate of drug-likeness (QED) is 0.799. The molecule has 0 aromatic heterocycles. The molecule has 7 heteroatoms. The molecule has 4 N–H and O–H groups in total. The van der Waals surface area contributed by atoms with Crippen LogP contribution in [-0.2, 0) is 6.18 Å². The zero-order valence-electron chi connectivity index (χ0n) is 13.1. The van der Waals surface area contributed by atoms with Crippen LogP contribution in [0.4, 0.5) is 29.3 Å². The van der Waals surface area contributed by atoms with Crippen molar-refractivity contribution in [2.45, 2.75) is 6.18 Å². The number of nitrogens with one attached hydrogen (secondary N) is 2. The Hall–Kier alpha value is -3.22. The molecule has 0 bridgehead atoms. The van der Waals surface area contributed by atoms with Crippen LogP contribution in [0, 0.1) is 0 Å². The van der Waals surface area contributed by atoms with Crippen LogP contribution in [0.25, 0.3) is 12.3 Å². The second-order valence-electron chi connectivity index (χ2n) is 5.04. The first kappa shape index (κ1) is 18.1. The standard InChI is InChI=1S/C18H16F3N3O/c1-2-5-15-12(11-22)6-3-9-16(15)24-17(25)23-14-8-4-7-13(10-14)18(19,20)21/h2-11H,1,22H2,(H2,23,24,25)/b12-11-,15-5+. The molecular formula is C18H16F3N3O. The second-order valence-corrected chi connectivity index (χ2v) is 5.04. The molecular weight excluding hydrogens is 331 g/mol. The molecule has 2 aromatic rings. The molecule has 2 amide bonds. The Bertz CT molecular complexity index is 905. The highest BCUT2D eigenvalue weighted by atomic mass is 19.4. The van der Waals surface area contributed by atoms with E-state index in [1.54, 1.807) is 24.3 Å². The molecule has 130 valence electrons. The van der Waals surface area contributed by atoms with Crippen molar-refractivity contribution in [2.75, 3.05) is 10.6 Å². The summed E-state index contributed by atoms with van der Waals surface area (Å²) in [5, 5.41) is 6.29. The maximum absolute atomic E-state index is 12.7. The SMILES string of the molecule is C=C/C=c1/c(NC(=O)Nc2cccc(C(F)(F)F)c2)ccc/c1=C/N. The van der Waals surface area contributed by atoms with Gasteiger partial charge >= 0.3 is 12.2 Å². The topological polar surface area (TPSA) is 67.2 Å². The second kappa shape index (κ2) is 7.57. The lowest BCUT2D eigenvalue weighted by molar-refractivity contribution is -0.137. The van der Waals surface area contributed by atoms with Crippen molar-refractivity contribution in [1.29, 1.82) is 0 Å². The zero-order chi connectivity index (χ0) is 18.4. The molecule has 0 aliphatic carbocycles. The van der Waals surface area contributed by atoms with Gasteiger partial charge in [-0.15, -0.1) is 0 Å². The van der Waals surface area contributed by atoms with Crippen molar-refractivity contribution >= 4 is 29.7 Å². The summed E-state index contributed by atoms with van der Waals surface area (Å²) in [6.45, 7) is 3.61. The predicted molar refractivity (Wildman–Crippen MR) is 93.1 cm³/mol. The lowest BCUT2D eigenvalue weighted by atomic mass is 10.2. The van der Waals surface area contributed by atoms with Gasteiger partial charge < -0.3 is 16.4 Å².